The molecule has 10 nitrogen and oxygen atoms in total. The number of nitrogens with one attached hydrogen (secondary N) is 1. The summed E-state index contributed by atoms with van der Waals surface area (Å²) in [5.41, 5.74) is 9.75. The van der Waals surface area contributed by atoms with E-state index in [1.165, 1.54) is 28.0 Å². The third kappa shape index (κ3) is 8.68. The van der Waals surface area contributed by atoms with Crippen molar-refractivity contribution in [2.75, 3.05) is 46.0 Å². The second-order valence-corrected chi connectivity index (χ2v) is 14.3. The lowest BCUT2D eigenvalue weighted by Gasteiger charge is -2.43. The number of ether oxygens (including phenoxy) is 1. The van der Waals surface area contributed by atoms with Crippen LogP contribution in [-0.2, 0) is 19.6 Å². The highest BCUT2D eigenvalue weighted by molar-refractivity contribution is 7.88. The Balaban J connectivity index is 1.28. The van der Waals surface area contributed by atoms with E-state index in [2.05, 4.69) is 53.0 Å². The van der Waals surface area contributed by atoms with Crippen LogP contribution in [0.1, 0.15) is 69.1 Å². The minimum absolute atomic E-state index is 0.0534. The molecule has 43 heavy (non-hydrogen) atoms. The van der Waals surface area contributed by atoms with Gasteiger partial charge in [0.25, 0.3) is 5.91 Å². The number of carbonyl (C=O) groups is 1. The van der Waals surface area contributed by atoms with Gasteiger partial charge in [0.2, 0.25) is 10.0 Å². The van der Waals surface area contributed by atoms with E-state index >= 15 is 0 Å². The van der Waals surface area contributed by atoms with Gasteiger partial charge in [-0.2, -0.15) is 0 Å². The Morgan fingerprint density at radius 3 is 2.37 bits per heavy atom. The minimum Gasteiger partial charge on any atom is -0.390 e. The molecule has 3 heterocycles. The number of nitrogens with two attached hydrogens (primary N) is 1. The van der Waals surface area contributed by atoms with Crippen molar-refractivity contribution >= 4 is 22.3 Å². The Kier molecular flexibility index (Phi) is 11.4. The number of aliphatic imine (C=N–C) groups is 1. The molecule has 238 valence electrons. The number of allylic oxidation sites excluding steroid dienone is 1. The Labute approximate surface area is 258 Å². The van der Waals surface area contributed by atoms with Crippen molar-refractivity contribution in [2.45, 2.75) is 83.1 Å². The van der Waals surface area contributed by atoms with Crippen LogP contribution in [0.2, 0.25) is 0 Å². The molecule has 0 radical (unpaired) electrons. The number of nitrogens with zero attached hydrogens (tertiary/aromatic N) is 4. The van der Waals surface area contributed by atoms with Gasteiger partial charge in [0, 0.05) is 50.0 Å². The van der Waals surface area contributed by atoms with Gasteiger partial charge in [0.1, 0.15) is 5.70 Å². The fourth-order valence-corrected chi connectivity index (χ4v) is 7.20. The maximum atomic E-state index is 13.6. The van der Waals surface area contributed by atoms with E-state index in [-0.39, 0.29) is 24.2 Å². The molecule has 4 rings (SSSR count). The van der Waals surface area contributed by atoms with Crippen molar-refractivity contribution in [1.29, 1.82) is 0 Å². The van der Waals surface area contributed by atoms with Crippen molar-refractivity contribution in [3.05, 3.63) is 58.9 Å². The van der Waals surface area contributed by atoms with Crippen LogP contribution < -0.4 is 11.1 Å². The number of sulfonamides is 1. The van der Waals surface area contributed by atoms with Crippen molar-refractivity contribution < 1.29 is 17.9 Å². The molecule has 3 N–H and O–H groups in total. The van der Waals surface area contributed by atoms with Crippen LogP contribution in [0.5, 0.6) is 0 Å². The average Bonchev–Trinajstić information content (AvgIpc) is 3.01. The number of aryl methyl sites for hydroxylation is 1. The summed E-state index contributed by atoms with van der Waals surface area (Å²) in [4.78, 5) is 22.2. The molecule has 0 aromatic heterocycles. The lowest BCUT2D eigenvalue weighted by atomic mass is 9.97. The van der Waals surface area contributed by atoms with Crippen LogP contribution in [-0.4, -0.2) is 99.0 Å². The molecule has 0 bridgehead atoms. The van der Waals surface area contributed by atoms with Gasteiger partial charge in [-0.1, -0.05) is 36.4 Å². The van der Waals surface area contributed by atoms with Gasteiger partial charge >= 0.3 is 0 Å². The van der Waals surface area contributed by atoms with Crippen LogP contribution in [0.25, 0.3) is 0 Å². The van der Waals surface area contributed by atoms with Gasteiger partial charge in [-0.15, -0.1) is 0 Å². The van der Waals surface area contributed by atoms with Crippen molar-refractivity contribution in [3.63, 3.8) is 0 Å². The van der Waals surface area contributed by atoms with Crippen LogP contribution >= 0.6 is 0 Å². The quantitative estimate of drug-likeness (QED) is 0.180. The van der Waals surface area contributed by atoms with Gasteiger partial charge in [0.05, 0.1) is 24.8 Å². The second kappa shape index (κ2) is 14.8. The summed E-state index contributed by atoms with van der Waals surface area (Å²) in [6.45, 7) is 11.8. The second-order valence-electron chi connectivity index (χ2n) is 12.3. The molecule has 11 heteroatoms. The number of piperidine rings is 2. The van der Waals surface area contributed by atoms with Crippen LogP contribution in [0.15, 0.2) is 52.8 Å². The molecule has 1 aromatic carbocycles. The molecular formula is C32H50N6O4S. The van der Waals surface area contributed by atoms with E-state index in [0.29, 0.717) is 42.6 Å². The molecule has 2 atom stereocenters. The highest BCUT2D eigenvalue weighted by Gasteiger charge is 2.33. The monoisotopic (exact) mass is 614 g/mol. The van der Waals surface area contributed by atoms with Gasteiger partial charge < -0.3 is 25.6 Å². The zero-order valence-corrected chi connectivity index (χ0v) is 27.1. The first-order chi connectivity index (χ1) is 20.5. The molecule has 3 aliphatic rings. The molecule has 1 aromatic rings. The minimum atomic E-state index is -3.18. The van der Waals surface area contributed by atoms with E-state index in [0.717, 1.165) is 58.0 Å². The summed E-state index contributed by atoms with van der Waals surface area (Å²) in [6, 6.07) is 8.99. The van der Waals surface area contributed by atoms with Crippen LogP contribution in [0, 0.1) is 6.92 Å². The first-order valence-electron chi connectivity index (χ1n) is 15.5. The van der Waals surface area contributed by atoms with E-state index in [9.17, 15) is 13.2 Å². The number of amides is 1. The number of hydrogen-bond donors (Lipinski definition) is 2. The molecule has 3 fully saturated rings. The lowest BCUT2D eigenvalue weighted by Crippen LogP contribution is -2.52. The highest BCUT2D eigenvalue weighted by atomic mass is 32.2. The molecular weight excluding hydrogens is 564 g/mol. The number of benzene rings is 1. The largest absolute Gasteiger partial charge is 0.390 e. The molecule has 0 unspecified atom stereocenters. The van der Waals surface area contributed by atoms with Gasteiger partial charge in [-0.25, -0.2) is 17.7 Å². The highest BCUT2D eigenvalue weighted by Crippen LogP contribution is 2.31. The summed E-state index contributed by atoms with van der Waals surface area (Å²) in [7, 11) is -1.51. The Morgan fingerprint density at radius 1 is 1.12 bits per heavy atom. The fraction of sp³-hybridized carbons (Fsp3) is 0.625. The van der Waals surface area contributed by atoms with Crippen molar-refractivity contribution in [2.24, 2.45) is 10.7 Å². The average molecular weight is 615 g/mol. The van der Waals surface area contributed by atoms with E-state index < -0.39 is 10.0 Å². The predicted molar refractivity (Wildman–Crippen MR) is 172 cm³/mol. The third-order valence-electron chi connectivity index (χ3n) is 9.36. The lowest BCUT2D eigenvalue weighted by molar-refractivity contribution is -0.128. The zero-order valence-electron chi connectivity index (χ0n) is 26.3. The Hall–Kier alpha value is -2.73. The molecule has 3 aliphatic heterocycles. The van der Waals surface area contributed by atoms with Crippen LogP contribution in [0.3, 0.4) is 0 Å². The summed E-state index contributed by atoms with van der Waals surface area (Å²) < 4.78 is 31.8. The van der Waals surface area contributed by atoms with E-state index in [1.54, 1.807) is 7.05 Å². The first-order valence-corrected chi connectivity index (χ1v) is 17.4. The number of carbonyl (C=O) groups excluding carboxylic acids is 1. The van der Waals surface area contributed by atoms with Crippen molar-refractivity contribution in [1.82, 2.24) is 19.4 Å². The van der Waals surface area contributed by atoms with E-state index in [4.69, 9.17) is 10.5 Å². The van der Waals surface area contributed by atoms with Crippen molar-refractivity contribution in [3.8, 4) is 0 Å². The maximum absolute atomic E-state index is 13.6. The maximum Gasteiger partial charge on any atom is 0.272 e. The Bertz CT molecular complexity index is 1280. The first kappa shape index (κ1) is 33.2. The fourth-order valence-electron chi connectivity index (χ4n) is 6.44. The molecule has 3 saturated heterocycles. The smallest absolute Gasteiger partial charge is 0.272 e. The third-order valence-corrected chi connectivity index (χ3v) is 10.7. The SMILES string of the molecule is C=C(NC[C@@H]1CCC[C@H](c2ccc(C)cc2)O1)/C(C)=C(\N=C/N)C(=O)N1CCC(N2CCC(N(C)S(C)(=O)=O)CC2)CC1. The molecule has 1 amide bonds. The summed E-state index contributed by atoms with van der Waals surface area (Å²) in [6.07, 6.45) is 9.06. The van der Waals surface area contributed by atoms with E-state index in [1.807, 2.05) is 11.8 Å². The summed E-state index contributed by atoms with van der Waals surface area (Å²) >= 11 is 0. The standard InChI is InChI=1S/C32H50N6O4S/c1-23-9-11-26(12-10-23)30-8-6-7-29(42-30)21-34-25(3)24(2)31(35-22-33)32(39)38-19-15-28(16-20-38)37-17-13-27(14-18-37)36(4)43(5,40)41/h9-12,22,27-30,34H,3,6-8,13-21H2,1-2,4-5H3,(H2,33,35)/b31-24-/t29-,30+/m0/s1. The predicted octanol–water partition coefficient (Wildman–Crippen LogP) is 3.32. The van der Waals surface area contributed by atoms with Gasteiger partial charge in [0.15, 0.2) is 0 Å². The number of hydrogen-bond acceptors (Lipinski definition) is 7. The zero-order chi connectivity index (χ0) is 31.1. The van der Waals surface area contributed by atoms with Gasteiger partial charge in [-0.3, -0.25) is 4.79 Å². The summed E-state index contributed by atoms with van der Waals surface area (Å²) in [5, 5.41) is 3.39. The number of likely N-dealkylation sites (tertiary alicyclic amines) is 2. The molecule has 0 saturated carbocycles. The van der Waals surface area contributed by atoms with Gasteiger partial charge in [-0.05, 0) is 77.4 Å². The molecule has 0 spiro atoms. The Morgan fingerprint density at radius 2 is 1.77 bits per heavy atom. The molecule has 0 aliphatic carbocycles. The normalized spacial score (nSPS) is 23.9. The topological polar surface area (TPSA) is 121 Å². The van der Waals surface area contributed by atoms with Crippen LogP contribution in [0.4, 0.5) is 0 Å². The summed E-state index contributed by atoms with van der Waals surface area (Å²) in [5.74, 6) is -0.137. The number of rotatable bonds is 10.